The van der Waals surface area contributed by atoms with Gasteiger partial charge in [-0.05, 0) is 12.1 Å². The second kappa shape index (κ2) is 2.57. The van der Waals surface area contributed by atoms with E-state index in [2.05, 4.69) is 0 Å². The largest absolute Gasteiger partial charge is 0.397 e. The number of aldehydes is 1. The normalized spacial score (nSPS) is 9.55. The van der Waals surface area contributed by atoms with Crippen LogP contribution in [0, 0.1) is 5.82 Å². The van der Waals surface area contributed by atoms with E-state index in [0.717, 1.165) is 6.07 Å². The Morgan fingerprint density at radius 1 is 1.36 bits per heavy atom. The third-order valence-corrected chi connectivity index (χ3v) is 1.32. The van der Waals surface area contributed by atoms with Crippen LogP contribution >= 0.6 is 0 Å². The third-order valence-electron chi connectivity index (χ3n) is 1.32. The summed E-state index contributed by atoms with van der Waals surface area (Å²) >= 11 is 0. The molecule has 0 atom stereocenters. The minimum absolute atomic E-state index is 0.0899. The number of carbonyl (C=O) groups excluding carboxylic acids is 1. The molecule has 0 aliphatic rings. The number of nitrogens with two attached hydrogens (primary N) is 2. The highest BCUT2D eigenvalue weighted by Crippen LogP contribution is 2.19. The van der Waals surface area contributed by atoms with Crippen LogP contribution in [0.5, 0.6) is 0 Å². The first-order valence-corrected chi connectivity index (χ1v) is 2.95. The molecule has 58 valence electrons. The molecule has 0 aliphatic carbocycles. The van der Waals surface area contributed by atoms with E-state index in [1.54, 1.807) is 0 Å². The highest BCUT2D eigenvalue weighted by atomic mass is 19.1. The van der Waals surface area contributed by atoms with Crippen molar-refractivity contribution in [2.75, 3.05) is 11.5 Å². The number of anilines is 2. The first kappa shape index (κ1) is 7.53. The first-order chi connectivity index (χ1) is 5.15. The highest BCUT2D eigenvalue weighted by molar-refractivity contribution is 5.80. The van der Waals surface area contributed by atoms with E-state index in [1.165, 1.54) is 6.07 Å². The maximum Gasteiger partial charge on any atom is 0.150 e. The molecule has 4 heteroatoms. The van der Waals surface area contributed by atoms with Gasteiger partial charge in [-0.2, -0.15) is 0 Å². The fraction of sp³-hybridized carbons (Fsp3) is 0. The number of rotatable bonds is 1. The monoisotopic (exact) mass is 154 g/mol. The molecule has 0 fully saturated rings. The van der Waals surface area contributed by atoms with Crippen LogP contribution in [0.2, 0.25) is 0 Å². The van der Waals surface area contributed by atoms with Gasteiger partial charge in [-0.3, -0.25) is 4.79 Å². The topological polar surface area (TPSA) is 69.1 Å². The maximum atomic E-state index is 12.7. The number of nitrogen functional groups attached to an aromatic ring is 2. The van der Waals surface area contributed by atoms with Crippen molar-refractivity contribution in [3.63, 3.8) is 0 Å². The molecule has 3 nitrogen and oxygen atoms in total. The molecular formula is C7H7FN2O. The van der Waals surface area contributed by atoms with Gasteiger partial charge in [0.15, 0.2) is 0 Å². The second-order valence-corrected chi connectivity index (χ2v) is 2.12. The van der Waals surface area contributed by atoms with Gasteiger partial charge in [-0.1, -0.05) is 0 Å². The van der Waals surface area contributed by atoms with Crippen LogP contribution in [-0.2, 0) is 0 Å². The van der Waals surface area contributed by atoms with Crippen molar-refractivity contribution < 1.29 is 9.18 Å². The van der Waals surface area contributed by atoms with Crippen LogP contribution in [0.3, 0.4) is 0 Å². The number of hydrogen-bond donors (Lipinski definition) is 2. The van der Waals surface area contributed by atoms with E-state index in [1.807, 2.05) is 0 Å². The standard InChI is InChI=1S/C7H7FN2O/c8-5-1-4(3-11)2-6(9)7(5)10/h1-3H,9-10H2. The van der Waals surface area contributed by atoms with Crippen molar-refractivity contribution in [2.45, 2.75) is 0 Å². The average molecular weight is 154 g/mol. The molecule has 0 saturated heterocycles. The minimum atomic E-state index is -0.660. The molecular weight excluding hydrogens is 147 g/mol. The van der Waals surface area contributed by atoms with Crippen molar-refractivity contribution in [3.8, 4) is 0 Å². The summed E-state index contributed by atoms with van der Waals surface area (Å²) in [6.07, 6.45) is 0.513. The lowest BCUT2D eigenvalue weighted by atomic mass is 10.2. The van der Waals surface area contributed by atoms with Gasteiger partial charge >= 0.3 is 0 Å². The Hall–Kier alpha value is -1.58. The van der Waals surface area contributed by atoms with E-state index in [0.29, 0.717) is 6.29 Å². The summed E-state index contributed by atoms with van der Waals surface area (Å²) in [7, 11) is 0. The molecule has 0 unspecified atom stereocenters. The predicted octanol–water partition coefficient (Wildman–Crippen LogP) is 0.803. The van der Waals surface area contributed by atoms with Crippen molar-refractivity contribution in [2.24, 2.45) is 0 Å². The van der Waals surface area contributed by atoms with Crippen LogP contribution in [0.1, 0.15) is 10.4 Å². The molecule has 4 N–H and O–H groups in total. The quantitative estimate of drug-likeness (QED) is 0.464. The van der Waals surface area contributed by atoms with Gasteiger partial charge in [-0.25, -0.2) is 4.39 Å². The lowest BCUT2D eigenvalue weighted by molar-refractivity contribution is 0.112. The summed E-state index contributed by atoms with van der Waals surface area (Å²) in [4.78, 5) is 10.2. The van der Waals surface area contributed by atoms with E-state index in [-0.39, 0.29) is 16.9 Å². The van der Waals surface area contributed by atoms with Crippen molar-refractivity contribution >= 4 is 17.7 Å². The van der Waals surface area contributed by atoms with Gasteiger partial charge < -0.3 is 11.5 Å². The fourth-order valence-electron chi connectivity index (χ4n) is 0.729. The number of halogens is 1. The Balaban J connectivity index is 3.31. The molecule has 1 aromatic carbocycles. The smallest absolute Gasteiger partial charge is 0.150 e. The van der Waals surface area contributed by atoms with Crippen molar-refractivity contribution in [3.05, 3.63) is 23.5 Å². The number of benzene rings is 1. The van der Waals surface area contributed by atoms with E-state index < -0.39 is 5.82 Å². The second-order valence-electron chi connectivity index (χ2n) is 2.12. The number of hydrogen-bond acceptors (Lipinski definition) is 3. The van der Waals surface area contributed by atoms with Crippen LogP contribution < -0.4 is 11.5 Å². The van der Waals surface area contributed by atoms with E-state index >= 15 is 0 Å². The van der Waals surface area contributed by atoms with Gasteiger partial charge in [0.05, 0.1) is 11.4 Å². The van der Waals surface area contributed by atoms with Crippen LogP contribution in [0.25, 0.3) is 0 Å². The Labute approximate surface area is 62.8 Å². The summed E-state index contributed by atoms with van der Waals surface area (Å²) in [5.74, 6) is -0.660. The Morgan fingerprint density at radius 3 is 2.45 bits per heavy atom. The zero-order chi connectivity index (χ0) is 8.43. The molecule has 1 rings (SSSR count). The van der Waals surface area contributed by atoms with Gasteiger partial charge in [0, 0.05) is 5.56 Å². The molecule has 0 bridgehead atoms. The summed E-state index contributed by atoms with van der Waals surface area (Å²) in [5, 5.41) is 0. The molecule has 0 saturated carbocycles. The zero-order valence-electron chi connectivity index (χ0n) is 5.67. The van der Waals surface area contributed by atoms with Gasteiger partial charge in [-0.15, -0.1) is 0 Å². The zero-order valence-corrected chi connectivity index (χ0v) is 5.67. The van der Waals surface area contributed by atoms with E-state index in [9.17, 15) is 9.18 Å². The van der Waals surface area contributed by atoms with Crippen molar-refractivity contribution in [1.29, 1.82) is 0 Å². The molecule has 0 amide bonds. The first-order valence-electron chi connectivity index (χ1n) is 2.95. The van der Waals surface area contributed by atoms with Gasteiger partial charge in [0.1, 0.15) is 12.1 Å². The molecule has 0 radical (unpaired) electrons. The van der Waals surface area contributed by atoms with Gasteiger partial charge in [0.2, 0.25) is 0 Å². The SMILES string of the molecule is Nc1cc(C=O)cc(F)c1N. The van der Waals surface area contributed by atoms with Crippen LogP contribution in [0.15, 0.2) is 12.1 Å². The lowest BCUT2D eigenvalue weighted by Crippen LogP contribution is -1.99. The number of carbonyl (C=O) groups is 1. The van der Waals surface area contributed by atoms with Crippen LogP contribution in [-0.4, -0.2) is 6.29 Å². The Kier molecular flexibility index (Phi) is 1.76. The summed E-state index contributed by atoms with van der Waals surface area (Å²) in [5.41, 5.74) is 10.6. The van der Waals surface area contributed by atoms with Crippen molar-refractivity contribution in [1.82, 2.24) is 0 Å². The molecule has 0 aliphatic heterocycles. The van der Waals surface area contributed by atoms with Gasteiger partial charge in [0.25, 0.3) is 0 Å². The predicted molar refractivity (Wildman–Crippen MR) is 40.6 cm³/mol. The lowest BCUT2D eigenvalue weighted by Gasteiger charge is -2.00. The third kappa shape index (κ3) is 1.29. The maximum absolute atomic E-state index is 12.7. The van der Waals surface area contributed by atoms with Crippen LogP contribution in [0.4, 0.5) is 15.8 Å². The fourth-order valence-corrected chi connectivity index (χ4v) is 0.729. The average Bonchev–Trinajstić information content (AvgIpc) is 1.99. The highest BCUT2D eigenvalue weighted by Gasteiger charge is 2.03. The van der Waals surface area contributed by atoms with E-state index in [4.69, 9.17) is 11.5 Å². The molecule has 11 heavy (non-hydrogen) atoms. The molecule has 0 spiro atoms. The summed E-state index contributed by atoms with van der Waals surface area (Å²) in [6, 6.07) is 2.37. The molecule has 0 heterocycles. The summed E-state index contributed by atoms with van der Waals surface area (Å²) in [6.45, 7) is 0. The Bertz CT molecular complexity index is 275. The summed E-state index contributed by atoms with van der Waals surface area (Å²) < 4.78 is 12.7. The Morgan fingerprint density at radius 2 is 2.00 bits per heavy atom. The molecule has 1 aromatic rings. The molecule has 0 aromatic heterocycles. The minimum Gasteiger partial charge on any atom is -0.397 e.